The first-order valence-electron chi connectivity index (χ1n) is 6.78. The number of nitrogens with one attached hydrogen (secondary N) is 1. The first-order chi connectivity index (χ1) is 10.4. The van der Waals surface area contributed by atoms with Crippen molar-refractivity contribution < 1.29 is 14.4 Å². The second-order valence-electron chi connectivity index (χ2n) is 4.99. The Morgan fingerprint density at radius 3 is 2.32 bits per heavy atom. The van der Waals surface area contributed by atoms with Crippen molar-refractivity contribution in [1.29, 1.82) is 0 Å². The third-order valence-corrected chi connectivity index (χ3v) is 4.68. The van der Waals surface area contributed by atoms with Crippen LogP contribution in [0.15, 0.2) is 18.2 Å². The molecule has 0 unspecified atom stereocenters. The molecule has 1 aromatic rings. The van der Waals surface area contributed by atoms with E-state index in [4.69, 9.17) is 12.2 Å². The van der Waals surface area contributed by atoms with Gasteiger partial charge in [-0.25, -0.2) is 4.90 Å². The topological polar surface area (TPSA) is 66.5 Å². The lowest BCUT2D eigenvalue weighted by atomic mass is 10.1. The van der Waals surface area contributed by atoms with Gasteiger partial charge >= 0.3 is 0 Å². The first-order valence-corrected chi connectivity index (χ1v) is 8.18. The van der Waals surface area contributed by atoms with Gasteiger partial charge in [0.25, 0.3) is 0 Å². The molecule has 0 radical (unpaired) electrons. The fourth-order valence-corrected chi connectivity index (χ4v) is 3.20. The van der Waals surface area contributed by atoms with Gasteiger partial charge in [0.2, 0.25) is 17.7 Å². The largest absolute Gasteiger partial charge is 0.325 e. The number of anilines is 1. The number of aryl methyl sites for hydroxylation is 2. The van der Waals surface area contributed by atoms with Crippen molar-refractivity contribution in [1.82, 2.24) is 4.90 Å². The molecule has 1 saturated heterocycles. The molecule has 1 aromatic carbocycles. The lowest BCUT2D eigenvalue weighted by Crippen LogP contribution is -2.33. The summed E-state index contributed by atoms with van der Waals surface area (Å²) in [5.41, 5.74) is 2.74. The van der Waals surface area contributed by atoms with E-state index in [0.29, 0.717) is 0 Å². The number of carbonyl (C=O) groups is 3. The lowest BCUT2D eigenvalue weighted by Gasteiger charge is -2.15. The van der Waals surface area contributed by atoms with E-state index in [1.54, 1.807) is 0 Å². The molecule has 1 fully saturated rings. The summed E-state index contributed by atoms with van der Waals surface area (Å²) < 4.78 is 0.143. The molecular weight excluding hydrogens is 320 g/mol. The van der Waals surface area contributed by atoms with Gasteiger partial charge in [-0.2, -0.15) is 0 Å². The zero-order chi connectivity index (χ0) is 16.3. The highest BCUT2D eigenvalue weighted by molar-refractivity contribution is 8.23. The van der Waals surface area contributed by atoms with Gasteiger partial charge in [-0.15, -0.1) is 0 Å². The van der Waals surface area contributed by atoms with E-state index in [-0.39, 0.29) is 40.6 Å². The van der Waals surface area contributed by atoms with Gasteiger partial charge < -0.3 is 5.32 Å². The minimum Gasteiger partial charge on any atom is -0.325 e. The molecule has 1 aliphatic heterocycles. The summed E-state index contributed by atoms with van der Waals surface area (Å²) >= 11 is 6.09. The summed E-state index contributed by atoms with van der Waals surface area (Å²) in [6.07, 6.45) is 0.377. The normalized spacial score (nSPS) is 14.4. The van der Waals surface area contributed by atoms with Gasteiger partial charge in [0.1, 0.15) is 4.32 Å². The summed E-state index contributed by atoms with van der Waals surface area (Å²) in [5.74, 6) is -0.747. The van der Waals surface area contributed by atoms with Crippen LogP contribution in [-0.4, -0.2) is 32.7 Å². The maximum absolute atomic E-state index is 12.0. The highest BCUT2D eigenvalue weighted by Gasteiger charge is 2.32. The number of thioether (sulfide) groups is 1. The van der Waals surface area contributed by atoms with Crippen LogP contribution in [0.25, 0.3) is 0 Å². The van der Waals surface area contributed by atoms with E-state index < -0.39 is 0 Å². The van der Waals surface area contributed by atoms with Crippen LogP contribution in [0.3, 0.4) is 0 Å². The molecule has 0 spiro atoms. The molecule has 2 rings (SSSR count). The molecule has 0 aromatic heterocycles. The number of para-hydroxylation sites is 1. The standard InChI is InChI=1S/C15H16N2O3S2/c1-9-4-3-5-10(2)14(9)16-11(18)8-22-15(21)17-12(19)6-7-13(17)20/h3-5H,6-8H2,1-2H3,(H,16,18). The summed E-state index contributed by atoms with van der Waals surface area (Å²) in [5, 5.41) is 2.84. The van der Waals surface area contributed by atoms with Crippen LogP contribution in [-0.2, 0) is 14.4 Å². The number of carbonyl (C=O) groups excluding carboxylic acids is 3. The Balaban J connectivity index is 1.92. The Bertz CT molecular complexity index is 622. The van der Waals surface area contributed by atoms with Crippen LogP contribution in [0.2, 0.25) is 0 Å². The quantitative estimate of drug-likeness (QED) is 0.678. The number of hydrogen-bond acceptors (Lipinski definition) is 5. The average Bonchev–Trinajstić information content (AvgIpc) is 2.80. The second-order valence-corrected chi connectivity index (χ2v) is 6.60. The fourth-order valence-electron chi connectivity index (χ4n) is 2.16. The molecule has 1 heterocycles. The number of imide groups is 1. The molecule has 116 valence electrons. The molecule has 0 bridgehead atoms. The highest BCUT2D eigenvalue weighted by atomic mass is 32.2. The second kappa shape index (κ2) is 7.02. The molecule has 22 heavy (non-hydrogen) atoms. The summed E-state index contributed by atoms with van der Waals surface area (Å²) in [6.45, 7) is 3.84. The number of hydrogen-bond donors (Lipinski definition) is 1. The van der Waals surface area contributed by atoms with Crippen LogP contribution < -0.4 is 5.32 Å². The van der Waals surface area contributed by atoms with Crippen LogP contribution in [0.1, 0.15) is 24.0 Å². The Labute approximate surface area is 138 Å². The van der Waals surface area contributed by atoms with Crippen LogP contribution >= 0.6 is 24.0 Å². The van der Waals surface area contributed by atoms with Crippen LogP contribution in [0.5, 0.6) is 0 Å². The van der Waals surface area contributed by atoms with Gasteiger partial charge in [0, 0.05) is 18.5 Å². The smallest absolute Gasteiger partial charge is 0.235 e. The predicted octanol–water partition coefficient (Wildman–Crippen LogP) is 2.41. The Kier molecular flexibility index (Phi) is 5.31. The molecule has 0 atom stereocenters. The van der Waals surface area contributed by atoms with E-state index in [9.17, 15) is 14.4 Å². The molecule has 1 aliphatic rings. The third-order valence-electron chi connectivity index (χ3n) is 3.31. The number of likely N-dealkylation sites (tertiary alicyclic amines) is 1. The SMILES string of the molecule is Cc1cccc(C)c1NC(=O)CSC(=S)N1C(=O)CCC1=O. The average molecular weight is 336 g/mol. The maximum Gasteiger partial charge on any atom is 0.235 e. The first kappa shape index (κ1) is 16.6. The summed E-state index contributed by atoms with van der Waals surface area (Å²) in [7, 11) is 0. The van der Waals surface area contributed by atoms with Gasteiger partial charge in [-0.1, -0.05) is 42.2 Å². The number of benzene rings is 1. The van der Waals surface area contributed by atoms with E-state index in [2.05, 4.69) is 5.32 Å². The highest BCUT2D eigenvalue weighted by Crippen LogP contribution is 2.21. The van der Waals surface area contributed by atoms with Crippen LogP contribution in [0, 0.1) is 13.8 Å². The number of rotatable bonds is 3. The Morgan fingerprint density at radius 2 is 1.77 bits per heavy atom. The number of nitrogens with zero attached hydrogens (tertiary/aromatic N) is 1. The lowest BCUT2D eigenvalue weighted by molar-refractivity contribution is -0.133. The van der Waals surface area contributed by atoms with E-state index in [1.807, 2.05) is 32.0 Å². The van der Waals surface area contributed by atoms with Gasteiger partial charge in [-0.3, -0.25) is 14.4 Å². The van der Waals surface area contributed by atoms with Gasteiger partial charge in [0.15, 0.2) is 0 Å². The molecule has 7 heteroatoms. The van der Waals surface area contributed by atoms with E-state index in [1.165, 1.54) is 0 Å². The minimum atomic E-state index is -0.294. The molecule has 0 saturated carbocycles. The van der Waals surface area contributed by atoms with Crippen LogP contribution in [0.4, 0.5) is 5.69 Å². The Hall–Kier alpha value is -1.73. The number of amides is 3. The molecule has 0 aliphatic carbocycles. The van der Waals surface area contributed by atoms with Crippen molar-refractivity contribution in [3.63, 3.8) is 0 Å². The van der Waals surface area contributed by atoms with E-state index in [0.717, 1.165) is 33.5 Å². The zero-order valence-corrected chi connectivity index (χ0v) is 14.0. The van der Waals surface area contributed by atoms with E-state index >= 15 is 0 Å². The molecular formula is C15H16N2O3S2. The summed E-state index contributed by atoms with van der Waals surface area (Å²) in [6, 6.07) is 5.76. The van der Waals surface area contributed by atoms with Crippen molar-refractivity contribution in [3.05, 3.63) is 29.3 Å². The van der Waals surface area contributed by atoms with Crippen molar-refractivity contribution in [2.45, 2.75) is 26.7 Å². The molecule has 5 nitrogen and oxygen atoms in total. The van der Waals surface area contributed by atoms with Crippen molar-refractivity contribution in [2.75, 3.05) is 11.1 Å². The molecule has 1 N–H and O–H groups in total. The summed E-state index contributed by atoms with van der Waals surface area (Å²) in [4.78, 5) is 36.1. The monoisotopic (exact) mass is 336 g/mol. The fraction of sp³-hybridized carbons (Fsp3) is 0.333. The Morgan fingerprint density at radius 1 is 1.23 bits per heavy atom. The zero-order valence-electron chi connectivity index (χ0n) is 12.3. The van der Waals surface area contributed by atoms with Crippen molar-refractivity contribution in [3.8, 4) is 0 Å². The molecule has 3 amide bonds. The van der Waals surface area contributed by atoms with Gasteiger partial charge in [0.05, 0.1) is 5.75 Å². The van der Waals surface area contributed by atoms with Gasteiger partial charge in [-0.05, 0) is 25.0 Å². The maximum atomic E-state index is 12.0. The predicted molar refractivity (Wildman–Crippen MR) is 90.7 cm³/mol. The number of thiocarbonyl (C=S) groups is 1. The minimum absolute atomic E-state index is 0.0592. The third kappa shape index (κ3) is 3.72. The van der Waals surface area contributed by atoms with Crippen molar-refractivity contribution >= 4 is 51.7 Å². The van der Waals surface area contributed by atoms with Crippen molar-refractivity contribution in [2.24, 2.45) is 0 Å².